The van der Waals surface area contributed by atoms with Gasteiger partial charge in [-0.25, -0.2) is 17.9 Å². The lowest BCUT2D eigenvalue weighted by atomic mass is 9.92. The zero-order chi connectivity index (χ0) is 23.2. The molecule has 1 heterocycles. The van der Waals surface area contributed by atoms with Crippen molar-refractivity contribution in [3.05, 3.63) is 71.0 Å². The van der Waals surface area contributed by atoms with Gasteiger partial charge in [-0.2, -0.15) is 5.26 Å². The van der Waals surface area contributed by atoms with Crippen molar-refractivity contribution in [2.45, 2.75) is 32.9 Å². The lowest BCUT2D eigenvalue weighted by Crippen LogP contribution is -2.27. The average molecular weight is 436 g/mol. The molecule has 0 fully saturated rings. The van der Waals surface area contributed by atoms with Crippen molar-refractivity contribution in [2.75, 3.05) is 0 Å². The van der Waals surface area contributed by atoms with Crippen LogP contribution in [0.4, 0.5) is 13.2 Å². The maximum absolute atomic E-state index is 15.3. The van der Waals surface area contributed by atoms with Crippen LogP contribution in [0.15, 0.2) is 42.5 Å². The van der Waals surface area contributed by atoms with Gasteiger partial charge in [0.2, 0.25) is 0 Å². The van der Waals surface area contributed by atoms with Gasteiger partial charge < -0.3 is 5.11 Å². The second-order valence-corrected chi connectivity index (χ2v) is 8.33. The summed E-state index contributed by atoms with van der Waals surface area (Å²) >= 11 is 0. The topological polar surface area (TPSA) is 74.7 Å². The van der Waals surface area contributed by atoms with E-state index in [-0.39, 0.29) is 28.7 Å². The average Bonchev–Trinajstić information content (AvgIpc) is 3.11. The van der Waals surface area contributed by atoms with Gasteiger partial charge in [0.05, 0.1) is 17.7 Å². The number of aromatic nitrogens is 3. The third-order valence-corrected chi connectivity index (χ3v) is 5.08. The number of benzene rings is 3. The van der Waals surface area contributed by atoms with E-state index in [1.54, 1.807) is 30.3 Å². The predicted octanol–water partition coefficient (Wildman–Crippen LogP) is 5.13. The van der Waals surface area contributed by atoms with E-state index in [0.29, 0.717) is 16.7 Å². The molecule has 1 N–H and O–H groups in total. The number of nitrogens with zero attached hydrogens (tertiary/aromatic N) is 4. The van der Waals surface area contributed by atoms with Crippen molar-refractivity contribution in [3.63, 3.8) is 0 Å². The van der Waals surface area contributed by atoms with Gasteiger partial charge in [0.1, 0.15) is 22.9 Å². The summed E-state index contributed by atoms with van der Waals surface area (Å²) in [6, 6.07) is 12.4. The Hall–Kier alpha value is -3.70. The van der Waals surface area contributed by atoms with Gasteiger partial charge in [-0.15, -0.1) is 5.10 Å². The SMILES string of the molecule is Cc1ccc(-c2cc3nnn(CC(C)(C)O)c3c(F)c2F)c(-c2ccc(C#N)c(F)c2)c1. The molecule has 0 atom stereocenters. The van der Waals surface area contributed by atoms with Gasteiger partial charge in [-0.05, 0) is 55.7 Å². The molecule has 0 amide bonds. The number of nitriles is 1. The quantitative estimate of drug-likeness (QED) is 0.481. The maximum atomic E-state index is 15.3. The first-order valence-corrected chi connectivity index (χ1v) is 9.83. The number of rotatable bonds is 4. The fourth-order valence-corrected chi connectivity index (χ4v) is 3.65. The highest BCUT2D eigenvalue weighted by Crippen LogP contribution is 2.37. The van der Waals surface area contributed by atoms with Crippen LogP contribution in [-0.4, -0.2) is 25.7 Å². The van der Waals surface area contributed by atoms with Gasteiger partial charge in [0, 0.05) is 5.56 Å². The zero-order valence-electron chi connectivity index (χ0n) is 17.6. The fourth-order valence-electron chi connectivity index (χ4n) is 3.65. The Labute approximate surface area is 182 Å². The van der Waals surface area contributed by atoms with Crippen LogP contribution in [0.5, 0.6) is 0 Å². The van der Waals surface area contributed by atoms with E-state index in [0.717, 1.165) is 10.2 Å². The number of aryl methyl sites for hydroxylation is 1. The van der Waals surface area contributed by atoms with Crippen LogP contribution >= 0.6 is 0 Å². The molecule has 0 aliphatic carbocycles. The molecule has 1 aromatic heterocycles. The first kappa shape index (κ1) is 21.5. The summed E-state index contributed by atoms with van der Waals surface area (Å²) in [4.78, 5) is 0. The third kappa shape index (κ3) is 3.83. The number of aliphatic hydroxyl groups is 1. The van der Waals surface area contributed by atoms with Gasteiger partial charge in [-0.3, -0.25) is 0 Å². The van der Waals surface area contributed by atoms with E-state index in [4.69, 9.17) is 5.26 Å². The molecular weight excluding hydrogens is 417 g/mol. The molecule has 4 aromatic rings. The third-order valence-electron chi connectivity index (χ3n) is 5.08. The molecule has 0 spiro atoms. The summed E-state index contributed by atoms with van der Waals surface area (Å²) in [6.07, 6.45) is 0. The van der Waals surface area contributed by atoms with Crippen molar-refractivity contribution in [3.8, 4) is 28.3 Å². The molecular formula is C24H19F3N4O. The Morgan fingerprint density at radius 2 is 1.75 bits per heavy atom. The molecule has 0 aliphatic rings. The summed E-state index contributed by atoms with van der Waals surface area (Å²) in [5.41, 5.74) is 0.705. The number of hydrogen-bond donors (Lipinski definition) is 1. The molecule has 3 aromatic carbocycles. The predicted molar refractivity (Wildman–Crippen MR) is 114 cm³/mol. The Bertz CT molecular complexity index is 1400. The molecule has 32 heavy (non-hydrogen) atoms. The van der Waals surface area contributed by atoms with E-state index in [2.05, 4.69) is 10.3 Å². The Morgan fingerprint density at radius 3 is 2.41 bits per heavy atom. The smallest absolute Gasteiger partial charge is 0.187 e. The molecule has 0 aliphatic heterocycles. The Kier molecular flexibility index (Phi) is 5.23. The van der Waals surface area contributed by atoms with Crippen LogP contribution in [0.3, 0.4) is 0 Å². The van der Waals surface area contributed by atoms with Crippen LogP contribution in [0.1, 0.15) is 25.0 Å². The molecule has 0 saturated carbocycles. The Morgan fingerprint density at radius 1 is 1.00 bits per heavy atom. The maximum Gasteiger partial charge on any atom is 0.187 e. The van der Waals surface area contributed by atoms with E-state index in [9.17, 15) is 9.50 Å². The van der Waals surface area contributed by atoms with Crippen molar-refractivity contribution in [1.29, 1.82) is 5.26 Å². The van der Waals surface area contributed by atoms with E-state index < -0.39 is 23.1 Å². The first-order chi connectivity index (χ1) is 15.1. The van der Waals surface area contributed by atoms with Crippen LogP contribution in [-0.2, 0) is 6.54 Å². The monoisotopic (exact) mass is 436 g/mol. The second kappa shape index (κ2) is 7.77. The van der Waals surface area contributed by atoms with Gasteiger partial charge >= 0.3 is 0 Å². The lowest BCUT2D eigenvalue weighted by molar-refractivity contribution is 0.0583. The minimum atomic E-state index is -1.20. The first-order valence-electron chi connectivity index (χ1n) is 9.83. The molecule has 0 unspecified atom stereocenters. The highest BCUT2D eigenvalue weighted by Gasteiger charge is 2.24. The zero-order valence-corrected chi connectivity index (χ0v) is 17.6. The number of halogens is 3. The van der Waals surface area contributed by atoms with Crippen molar-refractivity contribution >= 4 is 11.0 Å². The van der Waals surface area contributed by atoms with Crippen molar-refractivity contribution in [2.24, 2.45) is 0 Å². The van der Waals surface area contributed by atoms with Crippen LogP contribution < -0.4 is 0 Å². The van der Waals surface area contributed by atoms with Gasteiger partial charge in [0.15, 0.2) is 11.6 Å². The molecule has 0 bridgehead atoms. The summed E-state index contributed by atoms with van der Waals surface area (Å²) in [7, 11) is 0. The van der Waals surface area contributed by atoms with Crippen molar-refractivity contribution in [1.82, 2.24) is 15.0 Å². The highest BCUT2D eigenvalue weighted by atomic mass is 19.2. The minimum Gasteiger partial charge on any atom is -0.389 e. The van der Waals surface area contributed by atoms with E-state index in [1.807, 2.05) is 6.92 Å². The van der Waals surface area contributed by atoms with Gasteiger partial charge in [0.25, 0.3) is 0 Å². The molecule has 8 heteroatoms. The summed E-state index contributed by atoms with van der Waals surface area (Å²) in [5.74, 6) is -2.94. The van der Waals surface area contributed by atoms with Gasteiger partial charge in [-0.1, -0.05) is 35.0 Å². The summed E-state index contributed by atoms with van der Waals surface area (Å²) < 4.78 is 45.8. The number of fused-ring (bicyclic) bond motifs is 1. The largest absolute Gasteiger partial charge is 0.389 e. The standard InChI is InChI=1S/C24H19F3N4O/c1-13-4-7-16(17(8-13)14-5-6-15(11-28)19(25)9-14)18-10-20-23(22(27)21(18)26)31(30-29-20)12-24(2,3)32/h4-10,32H,12H2,1-3H3. The molecule has 4 rings (SSSR count). The summed E-state index contributed by atoms with van der Waals surface area (Å²) in [6.45, 7) is 4.81. The van der Waals surface area contributed by atoms with Crippen LogP contribution in [0.2, 0.25) is 0 Å². The Balaban J connectivity index is 1.93. The van der Waals surface area contributed by atoms with E-state index in [1.165, 1.54) is 32.0 Å². The minimum absolute atomic E-state index is 0.0509. The van der Waals surface area contributed by atoms with E-state index >= 15 is 8.78 Å². The normalized spacial score (nSPS) is 11.7. The number of hydrogen-bond acceptors (Lipinski definition) is 4. The lowest BCUT2D eigenvalue weighted by Gasteiger charge is -2.17. The molecule has 5 nitrogen and oxygen atoms in total. The van der Waals surface area contributed by atoms with Crippen molar-refractivity contribution < 1.29 is 18.3 Å². The second-order valence-electron chi connectivity index (χ2n) is 8.33. The van der Waals surface area contributed by atoms with Crippen LogP contribution in [0, 0.1) is 35.7 Å². The highest BCUT2D eigenvalue weighted by molar-refractivity contribution is 5.89. The summed E-state index contributed by atoms with van der Waals surface area (Å²) in [5, 5.41) is 26.8. The molecule has 162 valence electrons. The van der Waals surface area contributed by atoms with Crippen LogP contribution in [0.25, 0.3) is 33.3 Å². The molecule has 0 radical (unpaired) electrons. The fraction of sp³-hybridized carbons (Fsp3) is 0.208. The molecule has 0 saturated heterocycles.